The predicted molar refractivity (Wildman–Crippen MR) is 89.6 cm³/mol. The lowest BCUT2D eigenvalue weighted by molar-refractivity contribution is 0.0556. The SMILES string of the molecule is CC[C@@H]1CC[C@H](C)N(C(=O)c2cc(C)ccc2-n2cnnc2)C1. The molecule has 1 aromatic carbocycles. The highest BCUT2D eigenvalue weighted by molar-refractivity contribution is 5.98. The third-order valence-electron chi connectivity index (χ3n) is 4.90. The summed E-state index contributed by atoms with van der Waals surface area (Å²) in [5.74, 6) is 0.723. The zero-order valence-electron chi connectivity index (χ0n) is 14.1. The molecular weight excluding hydrogens is 288 g/mol. The lowest BCUT2D eigenvalue weighted by Crippen LogP contribution is -2.45. The summed E-state index contributed by atoms with van der Waals surface area (Å²) in [7, 11) is 0. The van der Waals surface area contributed by atoms with Gasteiger partial charge in [0.1, 0.15) is 12.7 Å². The fourth-order valence-corrected chi connectivity index (χ4v) is 3.32. The predicted octanol–water partition coefficient (Wildman–Crippen LogP) is 3.23. The van der Waals surface area contributed by atoms with E-state index in [1.54, 1.807) is 17.2 Å². The van der Waals surface area contributed by atoms with Crippen LogP contribution in [-0.4, -0.2) is 38.2 Å². The van der Waals surface area contributed by atoms with Gasteiger partial charge in [-0.15, -0.1) is 10.2 Å². The zero-order chi connectivity index (χ0) is 16.4. The van der Waals surface area contributed by atoms with E-state index in [0.717, 1.165) is 36.2 Å². The van der Waals surface area contributed by atoms with E-state index in [9.17, 15) is 4.79 Å². The third-order valence-corrected chi connectivity index (χ3v) is 4.90. The Morgan fingerprint density at radius 2 is 2.00 bits per heavy atom. The van der Waals surface area contributed by atoms with Crippen molar-refractivity contribution in [2.75, 3.05) is 6.54 Å². The Balaban J connectivity index is 1.97. The van der Waals surface area contributed by atoms with Crippen LogP contribution in [0.25, 0.3) is 5.69 Å². The van der Waals surface area contributed by atoms with Crippen molar-refractivity contribution in [1.29, 1.82) is 0 Å². The van der Waals surface area contributed by atoms with Gasteiger partial charge in [-0.3, -0.25) is 9.36 Å². The van der Waals surface area contributed by atoms with Gasteiger partial charge in [0.05, 0.1) is 11.3 Å². The van der Waals surface area contributed by atoms with Crippen LogP contribution in [0.15, 0.2) is 30.9 Å². The summed E-state index contributed by atoms with van der Waals surface area (Å²) >= 11 is 0. The van der Waals surface area contributed by atoms with Crippen LogP contribution >= 0.6 is 0 Å². The number of aromatic nitrogens is 3. The quantitative estimate of drug-likeness (QED) is 0.874. The molecule has 2 atom stereocenters. The van der Waals surface area contributed by atoms with Gasteiger partial charge in [-0.25, -0.2) is 0 Å². The Hall–Kier alpha value is -2.17. The molecule has 1 aliphatic rings. The van der Waals surface area contributed by atoms with Gasteiger partial charge < -0.3 is 4.90 Å². The van der Waals surface area contributed by atoms with Crippen molar-refractivity contribution in [3.05, 3.63) is 42.0 Å². The molecule has 0 bridgehead atoms. The summed E-state index contributed by atoms with van der Waals surface area (Å²) in [5, 5.41) is 7.72. The van der Waals surface area contributed by atoms with Crippen LogP contribution in [0.2, 0.25) is 0 Å². The molecule has 1 aromatic heterocycles. The van der Waals surface area contributed by atoms with E-state index in [4.69, 9.17) is 0 Å². The molecule has 122 valence electrons. The first-order valence-electron chi connectivity index (χ1n) is 8.36. The maximum Gasteiger partial charge on any atom is 0.256 e. The molecule has 1 fully saturated rings. The third kappa shape index (κ3) is 3.14. The van der Waals surface area contributed by atoms with Crippen molar-refractivity contribution in [1.82, 2.24) is 19.7 Å². The fourth-order valence-electron chi connectivity index (χ4n) is 3.32. The molecule has 0 N–H and O–H groups in total. The number of hydrogen-bond acceptors (Lipinski definition) is 3. The van der Waals surface area contributed by atoms with E-state index in [1.165, 1.54) is 6.42 Å². The van der Waals surface area contributed by atoms with E-state index in [2.05, 4.69) is 24.0 Å². The van der Waals surface area contributed by atoms with Crippen molar-refractivity contribution in [2.45, 2.75) is 46.1 Å². The second-order valence-corrected chi connectivity index (χ2v) is 6.55. The number of piperidine rings is 1. The molecule has 0 unspecified atom stereocenters. The lowest BCUT2D eigenvalue weighted by Gasteiger charge is -2.38. The van der Waals surface area contributed by atoms with Crippen molar-refractivity contribution >= 4 is 5.91 Å². The van der Waals surface area contributed by atoms with E-state index < -0.39 is 0 Å². The summed E-state index contributed by atoms with van der Waals surface area (Å²) < 4.78 is 1.80. The molecule has 0 spiro atoms. The molecule has 1 aliphatic heterocycles. The van der Waals surface area contributed by atoms with Crippen LogP contribution in [-0.2, 0) is 0 Å². The average Bonchev–Trinajstić information content (AvgIpc) is 3.09. The molecule has 1 amide bonds. The summed E-state index contributed by atoms with van der Waals surface area (Å²) in [6, 6.07) is 6.25. The summed E-state index contributed by atoms with van der Waals surface area (Å²) in [6.45, 7) is 7.23. The highest BCUT2D eigenvalue weighted by Crippen LogP contribution is 2.27. The first kappa shape index (κ1) is 15.7. The van der Waals surface area contributed by atoms with Crippen molar-refractivity contribution < 1.29 is 4.79 Å². The highest BCUT2D eigenvalue weighted by Gasteiger charge is 2.30. The van der Waals surface area contributed by atoms with E-state index >= 15 is 0 Å². The minimum absolute atomic E-state index is 0.114. The van der Waals surface area contributed by atoms with Gasteiger partial charge in [0.2, 0.25) is 0 Å². The second kappa shape index (κ2) is 6.52. The monoisotopic (exact) mass is 312 g/mol. The van der Waals surface area contributed by atoms with E-state index in [-0.39, 0.29) is 5.91 Å². The van der Waals surface area contributed by atoms with Gasteiger partial charge in [-0.2, -0.15) is 0 Å². The Bertz CT molecular complexity index is 680. The van der Waals surface area contributed by atoms with Crippen LogP contribution < -0.4 is 0 Å². The van der Waals surface area contributed by atoms with Gasteiger partial charge in [0.25, 0.3) is 5.91 Å². The maximum absolute atomic E-state index is 13.2. The lowest BCUT2D eigenvalue weighted by atomic mass is 9.91. The molecule has 0 saturated carbocycles. The molecule has 0 radical (unpaired) electrons. The fraction of sp³-hybridized carbons (Fsp3) is 0.500. The number of carbonyl (C=O) groups excluding carboxylic acids is 1. The zero-order valence-corrected chi connectivity index (χ0v) is 14.1. The molecule has 2 aromatic rings. The van der Waals surface area contributed by atoms with Crippen LogP contribution in [0.4, 0.5) is 0 Å². The normalized spacial score (nSPS) is 21.4. The molecule has 2 heterocycles. The maximum atomic E-state index is 13.2. The number of rotatable bonds is 3. The first-order valence-corrected chi connectivity index (χ1v) is 8.36. The van der Waals surface area contributed by atoms with Gasteiger partial charge in [-0.1, -0.05) is 25.0 Å². The minimum Gasteiger partial charge on any atom is -0.336 e. The average molecular weight is 312 g/mol. The Kier molecular flexibility index (Phi) is 4.46. The first-order chi connectivity index (χ1) is 11.1. The second-order valence-electron chi connectivity index (χ2n) is 6.55. The minimum atomic E-state index is 0.114. The van der Waals surface area contributed by atoms with Gasteiger partial charge in [0, 0.05) is 12.6 Å². The number of amides is 1. The molecule has 5 heteroatoms. The summed E-state index contributed by atoms with van der Waals surface area (Å²) in [4.78, 5) is 15.3. The number of likely N-dealkylation sites (tertiary alicyclic amines) is 1. The topological polar surface area (TPSA) is 51.0 Å². The summed E-state index contributed by atoms with van der Waals surface area (Å²) in [6.07, 6.45) is 6.69. The Morgan fingerprint density at radius 1 is 1.26 bits per heavy atom. The van der Waals surface area contributed by atoms with Gasteiger partial charge in [0.15, 0.2) is 0 Å². The molecule has 0 aliphatic carbocycles. The highest BCUT2D eigenvalue weighted by atomic mass is 16.2. The van der Waals surface area contributed by atoms with E-state index in [0.29, 0.717) is 12.0 Å². The van der Waals surface area contributed by atoms with Gasteiger partial charge in [-0.05, 0) is 44.7 Å². The molecule has 23 heavy (non-hydrogen) atoms. The molecular formula is C18H24N4O. The van der Waals surface area contributed by atoms with E-state index in [1.807, 2.05) is 30.0 Å². The van der Waals surface area contributed by atoms with Gasteiger partial charge >= 0.3 is 0 Å². The number of aryl methyl sites for hydroxylation is 1. The molecule has 3 rings (SSSR count). The van der Waals surface area contributed by atoms with Crippen molar-refractivity contribution in [3.8, 4) is 5.69 Å². The standard InChI is InChI=1S/C18H24N4O/c1-4-15-7-6-14(3)22(10-15)18(23)16-9-13(2)5-8-17(16)21-11-19-20-12-21/h5,8-9,11-12,14-15H,4,6-7,10H2,1-3H3/t14-,15+/m0/s1. The van der Waals surface area contributed by atoms with Crippen molar-refractivity contribution in [2.24, 2.45) is 5.92 Å². The Morgan fingerprint density at radius 3 is 2.70 bits per heavy atom. The number of carbonyl (C=O) groups is 1. The molecule has 1 saturated heterocycles. The Labute approximate surface area is 137 Å². The van der Waals surface area contributed by atoms with Crippen LogP contribution in [0.3, 0.4) is 0 Å². The number of benzene rings is 1. The number of hydrogen-bond donors (Lipinski definition) is 0. The summed E-state index contributed by atoms with van der Waals surface area (Å²) in [5.41, 5.74) is 2.66. The molecule has 5 nitrogen and oxygen atoms in total. The van der Waals surface area contributed by atoms with Crippen LogP contribution in [0.5, 0.6) is 0 Å². The van der Waals surface area contributed by atoms with Crippen LogP contribution in [0.1, 0.15) is 49.0 Å². The number of nitrogens with zero attached hydrogens (tertiary/aromatic N) is 4. The smallest absolute Gasteiger partial charge is 0.256 e. The van der Waals surface area contributed by atoms with Crippen LogP contribution in [0, 0.1) is 12.8 Å². The largest absolute Gasteiger partial charge is 0.336 e. The van der Waals surface area contributed by atoms with Crippen molar-refractivity contribution in [3.63, 3.8) is 0 Å².